The van der Waals surface area contributed by atoms with Gasteiger partial charge in [-0.3, -0.25) is 14.9 Å². The van der Waals surface area contributed by atoms with Crippen LogP contribution in [0.15, 0.2) is 53.4 Å². The van der Waals surface area contributed by atoms with Crippen LogP contribution in [0.5, 0.6) is 0 Å². The van der Waals surface area contributed by atoms with Crippen molar-refractivity contribution in [1.82, 2.24) is 4.90 Å². The number of hydrogen-bond donors (Lipinski definition) is 0. The topological polar surface area (TPSA) is 63.5 Å². The predicted molar refractivity (Wildman–Crippen MR) is 104 cm³/mol. The number of nitro groups is 1. The molecule has 1 aliphatic rings. The van der Waals surface area contributed by atoms with Gasteiger partial charge in [-0.15, -0.1) is 11.8 Å². The van der Waals surface area contributed by atoms with Crippen LogP contribution in [0.25, 0.3) is 0 Å². The summed E-state index contributed by atoms with van der Waals surface area (Å²) in [6, 6.07) is 15.2. The first-order valence-corrected chi connectivity index (χ1v) is 9.96. The minimum Gasteiger partial charge on any atom is -0.339 e. The summed E-state index contributed by atoms with van der Waals surface area (Å²) in [5, 5.41) is 11.2. The van der Waals surface area contributed by atoms with Gasteiger partial charge in [0.15, 0.2) is 0 Å². The Morgan fingerprint density at radius 3 is 2.50 bits per heavy atom. The second-order valence-corrected chi connectivity index (χ2v) is 7.42. The number of nitrogens with zero attached hydrogens (tertiary/aromatic N) is 2. The standard InChI is InChI=1S/C20H22N2O3S/c1-26-19-8-7-17(14-18(19)22(24)25)20(23)21-11-9-16(10-12-21)13-15-5-3-2-4-6-15/h2-8,14,16H,9-13H2,1H3. The molecule has 0 aromatic heterocycles. The van der Waals surface area contributed by atoms with E-state index in [-0.39, 0.29) is 11.6 Å². The van der Waals surface area contributed by atoms with E-state index in [4.69, 9.17) is 0 Å². The lowest BCUT2D eigenvalue weighted by molar-refractivity contribution is -0.387. The van der Waals surface area contributed by atoms with Crippen LogP contribution < -0.4 is 0 Å². The van der Waals surface area contributed by atoms with Crippen molar-refractivity contribution in [3.8, 4) is 0 Å². The van der Waals surface area contributed by atoms with Crippen molar-refractivity contribution in [2.24, 2.45) is 5.92 Å². The molecular weight excluding hydrogens is 348 g/mol. The van der Waals surface area contributed by atoms with Crippen LogP contribution in [0.1, 0.15) is 28.8 Å². The third-order valence-electron chi connectivity index (χ3n) is 4.89. The highest BCUT2D eigenvalue weighted by atomic mass is 32.2. The van der Waals surface area contributed by atoms with Crippen LogP contribution in [0.2, 0.25) is 0 Å². The Morgan fingerprint density at radius 2 is 1.88 bits per heavy atom. The number of rotatable bonds is 5. The zero-order valence-electron chi connectivity index (χ0n) is 14.8. The first kappa shape index (κ1) is 18.5. The summed E-state index contributed by atoms with van der Waals surface area (Å²) in [6.07, 6.45) is 4.76. The van der Waals surface area contributed by atoms with Gasteiger partial charge in [-0.25, -0.2) is 0 Å². The fourth-order valence-corrected chi connectivity index (χ4v) is 3.98. The van der Waals surface area contributed by atoms with Crippen molar-refractivity contribution in [3.63, 3.8) is 0 Å². The van der Waals surface area contributed by atoms with E-state index in [2.05, 4.69) is 24.3 Å². The van der Waals surface area contributed by atoms with E-state index in [1.807, 2.05) is 11.0 Å². The first-order valence-electron chi connectivity index (χ1n) is 8.74. The van der Waals surface area contributed by atoms with Crippen molar-refractivity contribution in [1.29, 1.82) is 0 Å². The molecule has 136 valence electrons. The van der Waals surface area contributed by atoms with Crippen LogP contribution in [0, 0.1) is 16.0 Å². The van der Waals surface area contributed by atoms with Crippen molar-refractivity contribution < 1.29 is 9.72 Å². The van der Waals surface area contributed by atoms with Gasteiger partial charge in [0.25, 0.3) is 11.6 Å². The summed E-state index contributed by atoms with van der Waals surface area (Å²) in [5.41, 5.74) is 1.74. The van der Waals surface area contributed by atoms with Crippen molar-refractivity contribution in [2.45, 2.75) is 24.2 Å². The molecule has 2 aromatic carbocycles. The summed E-state index contributed by atoms with van der Waals surface area (Å²) in [7, 11) is 0. The summed E-state index contributed by atoms with van der Waals surface area (Å²) >= 11 is 1.31. The van der Waals surface area contributed by atoms with Gasteiger partial charge in [-0.2, -0.15) is 0 Å². The van der Waals surface area contributed by atoms with Crippen LogP contribution >= 0.6 is 11.8 Å². The lowest BCUT2D eigenvalue weighted by Gasteiger charge is -2.32. The fourth-order valence-electron chi connectivity index (χ4n) is 3.44. The quantitative estimate of drug-likeness (QED) is 0.444. The highest BCUT2D eigenvalue weighted by Crippen LogP contribution is 2.29. The second-order valence-electron chi connectivity index (χ2n) is 6.57. The van der Waals surface area contributed by atoms with Crippen LogP contribution in [-0.4, -0.2) is 35.1 Å². The van der Waals surface area contributed by atoms with E-state index in [9.17, 15) is 14.9 Å². The largest absolute Gasteiger partial charge is 0.339 e. The van der Waals surface area contributed by atoms with E-state index in [0.29, 0.717) is 29.5 Å². The van der Waals surface area contributed by atoms with E-state index in [1.54, 1.807) is 18.4 Å². The number of piperidine rings is 1. The first-order chi connectivity index (χ1) is 12.6. The van der Waals surface area contributed by atoms with Crippen molar-refractivity contribution >= 4 is 23.4 Å². The molecule has 0 radical (unpaired) electrons. The Balaban J connectivity index is 1.63. The summed E-state index contributed by atoms with van der Waals surface area (Å²) < 4.78 is 0. The van der Waals surface area contributed by atoms with Gasteiger partial charge in [0.2, 0.25) is 0 Å². The molecule has 1 saturated heterocycles. The van der Waals surface area contributed by atoms with Gasteiger partial charge < -0.3 is 4.90 Å². The Hall–Kier alpha value is -2.34. The molecule has 1 fully saturated rings. The highest BCUT2D eigenvalue weighted by molar-refractivity contribution is 7.98. The minimum absolute atomic E-state index is 0.00214. The molecule has 0 atom stereocenters. The number of benzene rings is 2. The third kappa shape index (κ3) is 4.25. The molecule has 1 amide bonds. The number of carbonyl (C=O) groups excluding carboxylic acids is 1. The monoisotopic (exact) mass is 370 g/mol. The Bertz CT molecular complexity index is 787. The smallest absolute Gasteiger partial charge is 0.283 e. The number of carbonyl (C=O) groups is 1. The minimum atomic E-state index is -0.422. The van der Waals surface area contributed by atoms with Crippen molar-refractivity contribution in [2.75, 3.05) is 19.3 Å². The average Bonchev–Trinajstić information content (AvgIpc) is 2.68. The number of hydrogen-bond acceptors (Lipinski definition) is 4. The van der Waals surface area contributed by atoms with E-state index in [0.717, 1.165) is 19.3 Å². The second kappa shape index (κ2) is 8.36. The molecule has 1 aliphatic heterocycles. The molecule has 6 heteroatoms. The third-order valence-corrected chi connectivity index (χ3v) is 5.68. The average molecular weight is 370 g/mol. The Morgan fingerprint density at radius 1 is 1.19 bits per heavy atom. The van der Waals surface area contributed by atoms with Crippen molar-refractivity contribution in [3.05, 3.63) is 69.8 Å². The number of amides is 1. The summed E-state index contributed by atoms with van der Waals surface area (Å²) in [4.78, 5) is 25.9. The maximum absolute atomic E-state index is 12.7. The molecule has 0 aliphatic carbocycles. The number of nitro benzene ring substituents is 1. The molecule has 5 nitrogen and oxygen atoms in total. The normalized spacial score (nSPS) is 15.0. The Kier molecular flexibility index (Phi) is 5.93. The molecule has 0 unspecified atom stereocenters. The van der Waals surface area contributed by atoms with Gasteiger partial charge in [-0.1, -0.05) is 30.3 Å². The van der Waals surface area contributed by atoms with Crippen LogP contribution in [-0.2, 0) is 6.42 Å². The van der Waals surface area contributed by atoms with Gasteiger partial charge in [-0.05, 0) is 49.1 Å². The lowest BCUT2D eigenvalue weighted by atomic mass is 9.90. The maximum atomic E-state index is 12.7. The molecule has 0 spiro atoms. The van der Waals surface area contributed by atoms with Gasteiger partial charge in [0, 0.05) is 24.7 Å². The summed E-state index contributed by atoms with van der Waals surface area (Å²) in [5.74, 6) is 0.466. The molecule has 2 aromatic rings. The predicted octanol–water partition coefficient (Wildman–Crippen LogP) is 4.41. The molecule has 0 N–H and O–H groups in total. The SMILES string of the molecule is CSc1ccc(C(=O)N2CCC(Cc3ccccc3)CC2)cc1[N+](=O)[O-]. The van der Waals surface area contributed by atoms with Crippen LogP contribution in [0.4, 0.5) is 5.69 Å². The summed E-state index contributed by atoms with van der Waals surface area (Å²) in [6.45, 7) is 1.41. The zero-order chi connectivity index (χ0) is 18.5. The van der Waals surface area contributed by atoms with Gasteiger partial charge in [0.1, 0.15) is 0 Å². The molecule has 1 heterocycles. The fraction of sp³-hybridized carbons (Fsp3) is 0.350. The molecule has 0 saturated carbocycles. The van der Waals surface area contributed by atoms with Crippen LogP contribution in [0.3, 0.4) is 0 Å². The van der Waals surface area contributed by atoms with E-state index in [1.165, 1.54) is 23.4 Å². The lowest BCUT2D eigenvalue weighted by Crippen LogP contribution is -2.38. The van der Waals surface area contributed by atoms with Gasteiger partial charge in [0.05, 0.1) is 9.82 Å². The maximum Gasteiger partial charge on any atom is 0.283 e. The number of likely N-dealkylation sites (tertiary alicyclic amines) is 1. The number of thioether (sulfide) groups is 1. The Labute approximate surface area is 157 Å². The molecule has 0 bridgehead atoms. The molecule has 3 rings (SSSR count). The van der Waals surface area contributed by atoms with E-state index >= 15 is 0 Å². The van der Waals surface area contributed by atoms with E-state index < -0.39 is 4.92 Å². The van der Waals surface area contributed by atoms with Gasteiger partial charge >= 0.3 is 0 Å². The molecular formula is C20H22N2O3S. The molecule has 26 heavy (non-hydrogen) atoms. The zero-order valence-corrected chi connectivity index (χ0v) is 15.6. The highest BCUT2D eigenvalue weighted by Gasteiger charge is 2.25.